The molecule has 2 fully saturated rings. The van der Waals surface area contributed by atoms with E-state index >= 15 is 0 Å². The van der Waals surface area contributed by atoms with Crippen LogP contribution in [0.2, 0.25) is 0 Å². The highest BCUT2D eigenvalue weighted by atomic mass is 16.8. The van der Waals surface area contributed by atoms with Gasteiger partial charge in [-0.15, -0.1) is 0 Å². The Balaban J connectivity index is 0.000000263. The number of hydrogen-bond donors (Lipinski definition) is 0. The second-order valence-electron chi connectivity index (χ2n) is 12.3. The Morgan fingerprint density at radius 3 is 2.25 bits per heavy atom. The zero-order chi connectivity index (χ0) is 38.6. The van der Waals surface area contributed by atoms with E-state index in [2.05, 4.69) is 57.6 Å². The molecule has 12 nitrogen and oxygen atoms in total. The van der Waals surface area contributed by atoms with Crippen LogP contribution in [0.5, 0.6) is 5.75 Å². The summed E-state index contributed by atoms with van der Waals surface area (Å²) in [6.45, 7) is 21.3. The topological polar surface area (TPSA) is 111 Å². The summed E-state index contributed by atoms with van der Waals surface area (Å²) in [5, 5.41) is 8.30. The quantitative estimate of drug-likeness (QED) is 0.151. The second kappa shape index (κ2) is 22.3. The largest absolute Gasteiger partial charge is 0.491 e. The Bertz CT molecular complexity index is 1580. The predicted octanol–water partition coefficient (Wildman–Crippen LogP) is 8.25. The number of carbonyl (C=O) groups excluding carboxylic acids is 1. The van der Waals surface area contributed by atoms with E-state index in [0.717, 1.165) is 30.9 Å². The van der Waals surface area contributed by atoms with Crippen molar-refractivity contribution in [2.75, 3.05) is 43.2 Å². The van der Waals surface area contributed by atoms with Gasteiger partial charge in [0.2, 0.25) is 5.79 Å². The lowest BCUT2D eigenvalue weighted by atomic mass is 10.1. The normalized spacial score (nSPS) is 18.1. The molecule has 12 heteroatoms. The van der Waals surface area contributed by atoms with Crippen molar-refractivity contribution in [1.29, 1.82) is 0 Å². The summed E-state index contributed by atoms with van der Waals surface area (Å²) in [7, 11) is 1.84. The van der Waals surface area contributed by atoms with Gasteiger partial charge >= 0.3 is 6.03 Å². The fourth-order valence-electron chi connectivity index (χ4n) is 5.70. The van der Waals surface area contributed by atoms with Gasteiger partial charge < -0.3 is 24.0 Å². The fourth-order valence-corrected chi connectivity index (χ4v) is 5.70. The Morgan fingerprint density at radius 1 is 1.00 bits per heavy atom. The predicted molar refractivity (Wildman–Crippen MR) is 212 cm³/mol. The maximum atomic E-state index is 12.6. The third kappa shape index (κ3) is 12.1. The second-order valence-corrected chi connectivity index (χ2v) is 12.3. The van der Waals surface area contributed by atoms with Gasteiger partial charge in [0.25, 0.3) is 0 Å². The number of carbonyl (C=O) groups is 1. The Morgan fingerprint density at radius 2 is 1.66 bits per heavy atom. The third-order valence-electron chi connectivity index (χ3n) is 8.90. The van der Waals surface area contributed by atoms with Gasteiger partial charge in [0.15, 0.2) is 0 Å². The van der Waals surface area contributed by atoms with Crippen molar-refractivity contribution < 1.29 is 19.0 Å². The van der Waals surface area contributed by atoms with Gasteiger partial charge in [0.05, 0.1) is 24.7 Å². The number of urea groups is 1. The van der Waals surface area contributed by atoms with Gasteiger partial charge in [-0.05, 0) is 82.0 Å². The molecule has 0 saturated carbocycles. The molecule has 2 amide bonds. The number of anilines is 2. The fraction of sp³-hybridized carbons (Fsp3) is 0.488. The van der Waals surface area contributed by atoms with Crippen LogP contribution in [0.25, 0.3) is 0 Å². The van der Waals surface area contributed by atoms with E-state index in [0.29, 0.717) is 18.9 Å². The molecule has 4 aromatic rings. The highest BCUT2D eigenvalue weighted by Crippen LogP contribution is 2.34. The number of aryl methyl sites for hydroxylation is 1. The molecule has 0 aliphatic carbocycles. The number of rotatable bonds is 11. The van der Waals surface area contributed by atoms with E-state index in [-0.39, 0.29) is 24.7 Å². The highest BCUT2D eigenvalue weighted by molar-refractivity contribution is 5.94. The van der Waals surface area contributed by atoms with Crippen LogP contribution in [0.15, 0.2) is 92.3 Å². The van der Waals surface area contributed by atoms with Crippen LogP contribution in [-0.4, -0.2) is 81.4 Å². The summed E-state index contributed by atoms with van der Waals surface area (Å²) in [4.78, 5) is 28.2. The lowest BCUT2D eigenvalue weighted by Gasteiger charge is -2.31. The van der Waals surface area contributed by atoms with Crippen LogP contribution in [0.4, 0.5) is 16.2 Å². The number of nitrogens with zero attached hydrogens (tertiary/aromatic N) is 8. The number of hydrogen-bond acceptors (Lipinski definition) is 9. The van der Waals surface area contributed by atoms with Gasteiger partial charge in [-0.2, -0.15) is 15.0 Å². The van der Waals surface area contributed by atoms with E-state index in [1.807, 2.05) is 78.1 Å². The Kier molecular flexibility index (Phi) is 17.9. The van der Waals surface area contributed by atoms with E-state index in [4.69, 9.17) is 14.2 Å². The molecular formula is C41H60N8O4. The monoisotopic (exact) mass is 728 g/mol. The van der Waals surface area contributed by atoms with E-state index in [1.165, 1.54) is 41.6 Å². The lowest BCUT2D eigenvalue weighted by molar-refractivity contribution is -0.195. The molecule has 0 spiro atoms. The summed E-state index contributed by atoms with van der Waals surface area (Å²) in [6, 6.07) is 18.1. The molecule has 2 saturated heterocycles. The first-order valence-electron chi connectivity index (χ1n) is 19.0. The molecule has 4 heterocycles. The average Bonchev–Trinajstić information content (AvgIpc) is 3.91. The molecule has 3 atom stereocenters. The maximum absolute atomic E-state index is 12.6. The number of aromatic nitrogens is 5. The minimum absolute atomic E-state index is 0.0416. The summed E-state index contributed by atoms with van der Waals surface area (Å²) < 4.78 is 18.1. The van der Waals surface area contributed by atoms with Crippen molar-refractivity contribution in [2.24, 2.45) is 0 Å². The first-order valence-corrected chi connectivity index (χ1v) is 19.0. The van der Waals surface area contributed by atoms with Gasteiger partial charge in [-0.25, -0.2) is 14.8 Å². The molecule has 0 bridgehead atoms. The van der Waals surface area contributed by atoms with Gasteiger partial charge in [0.1, 0.15) is 37.0 Å². The van der Waals surface area contributed by atoms with Gasteiger partial charge in [0, 0.05) is 44.3 Å². The van der Waals surface area contributed by atoms with Crippen LogP contribution >= 0.6 is 0 Å². The molecular weight excluding hydrogens is 669 g/mol. The van der Waals surface area contributed by atoms with Crippen LogP contribution in [0, 0.1) is 6.92 Å². The third-order valence-corrected chi connectivity index (χ3v) is 8.90. The molecule has 288 valence electrons. The molecule has 2 aliphatic rings. The molecule has 3 unspecified atom stereocenters. The minimum Gasteiger partial charge on any atom is -0.491 e. The van der Waals surface area contributed by atoms with E-state index in [9.17, 15) is 4.79 Å². The molecule has 6 rings (SSSR count). The number of ether oxygens (including phenoxy) is 3. The SMILES string of the molecule is C=CN(C(=O)N(C)C(C)CC)c1ccc(N2CCCCC2)cc1.CC.CC.Cc1ccc(OCC2COC(Cn3nccn3)(c3ccncn3)O2)cc1. The smallest absolute Gasteiger partial charge is 0.328 e. The maximum Gasteiger partial charge on any atom is 0.328 e. The average molecular weight is 729 g/mol. The highest BCUT2D eigenvalue weighted by Gasteiger charge is 2.46. The lowest BCUT2D eigenvalue weighted by Crippen LogP contribution is -2.42. The number of piperidine rings is 1. The van der Waals surface area contributed by atoms with Crippen LogP contribution < -0.4 is 14.5 Å². The minimum atomic E-state index is -1.07. The van der Waals surface area contributed by atoms with Crippen LogP contribution in [0.1, 0.15) is 78.5 Å². The molecule has 2 aromatic heterocycles. The Hall–Kier alpha value is -4.81. The standard InChI is InChI=1S/C19H29N3O.C18H19N5O3.2C2H6/c1-5-16(3)20(4)19(23)22(6-2)18-12-10-17(11-13-18)21-14-8-7-9-15-21;1-14-2-4-15(5-3-14)24-10-16-11-25-18(26-16,12-23-21-8-9-22-23)17-6-7-19-13-20-17;2*1-2/h6,10-13,16H,2,5,7-9,14-15H2,1,3-4H3;2-9,13,16H,10-12H2,1H3;2*1-2H3. The molecule has 0 N–H and O–H groups in total. The summed E-state index contributed by atoms with van der Waals surface area (Å²) in [5.41, 5.74) is 3.91. The van der Waals surface area contributed by atoms with Gasteiger partial charge in [-0.1, -0.05) is 58.9 Å². The first kappa shape index (κ1) is 42.6. The summed E-state index contributed by atoms with van der Waals surface area (Å²) in [6.07, 6.45) is 12.5. The Labute approximate surface area is 316 Å². The molecule has 2 aliphatic heterocycles. The number of benzene rings is 2. The van der Waals surface area contributed by atoms with Gasteiger partial charge in [-0.3, -0.25) is 4.90 Å². The summed E-state index contributed by atoms with van der Waals surface area (Å²) >= 11 is 0. The summed E-state index contributed by atoms with van der Waals surface area (Å²) in [5.74, 6) is -0.268. The molecule has 0 radical (unpaired) electrons. The van der Waals surface area contributed by atoms with Crippen molar-refractivity contribution >= 4 is 17.4 Å². The van der Waals surface area contributed by atoms with Crippen LogP contribution in [0.3, 0.4) is 0 Å². The zero-order valence-electron chi connectivity index (χ0n) is 33.0. The molecule has 2 aromatic carbocycles. The van der Waals surface area contributed by atoms with Crippen molar-refractivity contribution in [3.05, 3.63) is 104 Å². The van der Waals surface area contributed by atoms with Crippen molar-refractivity contribution in [1.82, 2.24) is 29.9 Å². The van der Waals surface area contributed by atoms with Crippen molar-refractivity contribution in [3.8, 4) is 5.75 Å². The van der Waals surface area contributed by atoms with E-state index in [1.54, 1.807) is 40.7 Å². The first-order chi connectivity index (χ1) is 25.8. The molecule has 53 heavy (non-hydrogen) atoms. The van der Waals surface area contributed by atoms with Crippen molar-refractivity contribution in [2.45, 2.75) is 98.6 Å². The zero-order valence-corrected chi connectivity index (χ0v) is 33.0. The number of amides is 2. The van der Waals surface area contributed by atoms with Crippen LogP contribution in [-0.2, 0) is 21.8 Å². The van der Waals surface area contributed by atoms with Crippen molar-refractivity contribution in [3.63, 3.8) is 0 Å². The van der Waals surface area contributed by atoms with E-state index < -0.39 is 5.79 Å².